The summed E-state index contributed by atoms with van der Waals surface area (Å²) in [7, 11) is -3.81. The number of aromatic amines is 1. The smallest absolute Gasteiger partial charge is 0.332 e. The molecule has 6 nitrogen and oxygen atoms in total. The Labute approximate surface area is 169 Å². The van der Waals surface area contributed by atoms with E-state index in [4.69, 9.17) is 0 Å². The molecule has 2 amide bonds. The van der Waals surface area contributed by atoms with Crippen molar-refractivity contribution in [3.8, 4) is 0 Å². The van der Waals surface area contributed by atoms with E-state index in [9.17, 15) is 13.2 Å². The quantitative estimate of drug-likeness (QED) is 0.612. The number of amides is 2. The molecule has 3 N–H and O–H groups in total. The summed E-state index contributed by atoms with van der Waals surface area (Å²) >= 11 is 0. The van der Waals surface area contributed by atoms with Gasteiger partial charge < -0.3 is 10.3 Å². The Hall–Kier alpha value is -2.80. The average molecular weight is 410 g/mol. The van der Waals surface area contributed by atoms with E-state index in [0.29, 0.717) is 5.56 Å². The summed E-state index contributed by atoms with van der Waals surface area (Å²) in [5, 5.41) is 3.89. The number of aryl methyl sites for hydroxylation is 2. The molecule has 0 bridgehead atoms. The molecule has 150 valence electrons. The number of carbonyl (C=O) groups excluding carboxylic acids is 1. The molecule has 0 atom stereocenters. The lowest BCUT2D eigenvalue weighted by atomic mass is 9.99. The highest BCUT2D eigenvalue weighted by atomic mass is 32.2. The van der Waals surface area contributed by atoms with E-state index in [1.165, 1.54) is 22.3 Å². The van der Waals surface area contributed by atoms with Gasteiger partial charge in [0.15, 0.2) is 0 Å². The molecule has 1 heterocycles. The Morgan fingerprint density at radius 3 is 2.41 bits per heavy atom. The number of anilines is 1. The molecule has 7 heteroatoms. The van der Waals surface area contributed by atoms with E-state index < -0.39 is 16.1 Å². The maximum atomic E-state index is 12.6. The number of carbonyl (C=O) groups is 1. The van der Waals surface area contributed by atoms with Crippen LogP contribution in [0.3, 0.4) is 0 Å². The number of fused-ring (bicyclic) bond motifs is 3. The Balaban J connectivity index is 1.34. The molecule has 5 rings (SSSR count). The lowest BCUT2D eigenvalue weighted by Gasteiger charge is -2.16. The molecule has 2 aliphatic rings. The van der Waals surface area contributed by atoms with E-state index in [1.807, 2.05) is 18.3 Å². The van der Waals surface area contributed by atoms with Crippen LogP contribution in [0.15, 0.2) is 36.5 Å². The SMILES string of the molecule is O=C(Nc1c2c(cc3c1CCC3)CCC2)NS(=O)(=O)Cc1ccc2cc[nH]c2c1. The van der Waals surface area contributed by atoms with Crippen LogP contribution in [0.4, 0.5) is 10.5 Å². The van der Waals surface area contributed by atoms with Gasteiger partial charge in [0.05, 0.1) is 5.75 Å². The summed E-state index contributed by atoms with van der Waals surface area (Å²) < 4.78 is 27.3. The van der Waals surface area contributed by atoms with Crippen molar-refractivity contribution in [3.05, 3.63) is 64.3 Å². The van der Waals surface area contributed by atoms with Gasteiger partial charge in [-0.2, -0.15) is 0 Å². The van der Waals surface area contributed by atoms with Crippen LogP contribution in [0.2, 0.25) is 0 Å². The standard InChI is InChI=1S/C22H23N3O3S/c26-22(24-21-18-5-1-3-16(18)12-17-4-2-6-19(17)21)25-29(27,28)13-14-7-8-15-9-10-23-20(15)11-14/h7-12,23H,1-6,13H2,(H2,24,25,26). The minimum Gasteiger partial charge on any atom is -0.361 e. The second-order valence-electron chi connectivity index (χ2n) is 7.95. The van der Waals surface area contributed by atoms with Crippen LogP contribution in [0.5, 0.6) is 0 Å². The van der Waals surface area contributed by atoms with Crippen LogP contribution in [0.25, 0.3) is 10.9 Å². The molecule has 2 aromatic carbocycles. The van der Waals surface area contributed by atoms with E-state index in [-0.39, 0.29) is 5.75 Å². The molecule has 0 fully saturated rings. The van der Waals surface area contributed by atoms with Crippen molar-refractivity contribution >= 4 is 32.6 Å². The first kappa shape index (κ1) is 18.2. The first-order valence-electron chi connectivity index (χ1n) is 10.0. The van der Waals surface area contributed by atoms with Crippen LogP contribution >= 0.6 is 0 Å². The Bertz CT molecular complexity index is 1200. The zero-order chi connectivity index (χ0) is 20.0. The van der Waals surface area contributed by atoms with E-state index in [1.54, 1.807) is 12.1 Å². The van der Waals surface area contributed by atoms with Gasteiger partial charge in [-0.05, 0) is 83.9 Å². The van der Waals surface area contributed by atoms with Gasteiger partial charge in [-0.1, -0.05) is 18.2 Å². The molecule has 0 saturated carbocycles. The Morgan fingerprint density at radius 2 is 1.69 bits per heavy atom. The zero-order valence-corrected chi connectivity index (χ0v) is 16.9. The molecule has 1 aromatic heterocycles. The maximum Gasteiger partial charge on any atom is 0.332 e. The summed E-state index contributed by atoms with van der Waals surface area (Å²) in [6.07, 6.45) is 7.88. The van der Waals surface area contributed by atoms with E-state index in [2.05, 4.69) is 21.1 Å². The van der Waals surface area contributed by atoms with E-state index in [0.717, 1.165) is 55.1 Å². The molecule has 0 spiro atoms. The molecule has 0 unspecified atom stereocenters. The third-order valence-electron chi connectivity index (χ3n) is 5.94. The Kier molecular flexibility index (Phi) is 4.35. The molecule has 0 radical (unpaired) electrons. The molecular formula is C22H23N3O3S. The van der Waals surface area contributed by atoms with Gasteiger partial charge in [-0.15, -0.1) is 0 Å². The number of H-pyrrole nitrogens is 1. The normalized spacial score (nSPS) is 15.3. The molecule has 3 aromatic rings. The second-order valence-corrected chi connectivity index (χ2v) is 9.67. The zero-order valence-electron chi connectivity index (χ0n) is 16.0. The fourth-order valence-electron chi connectivity index (χ4n) is 4.69. The topological polar surface area (TPSA) is 91.1 Å². The predicted molar refractivity (Wildman–Crippen MR) is 114 cm³/mol. The van der Waals surface area contributed by atoms with Gasteiger partial charge in [0.1, 0.15) is 0 Å². The van der Waals surface area contributed by atoms with Crippen LogP contribution in [0, 0.1) is 0 Å². The fraction of sp³-hybridized carbons (Fsp3) is 0.318. The molecule has 0 saturated heterocycles. The average Bonchev–Trinajstić information content (AvgIpc) is 3.40. The lowest BCUT2D eigenvalue weighted by molar-refractivity contribution is 0.256. The minimum absolute atomic E-state index is 0.250. The van der Waals surface area contributed by atoms with Crippen molar-refractivity contribution < 1.29 is 13.2 Å². The molecule has 0 aliphatic heterocycles. The van der Waals surface area contributed by atoms with Crippen LogP contribution in [-0.2, 0) is 41.5 Å². The first-order valence-corrected chi connectivity index (χ1v) is 11.7. The molecular weight excluding hydrogens is 386 g/mol. The third-order valence-corrected chi connectivity index (χ3v) is 7.15. The fourth-order valence-corrected chi connectivity index (χ4v) is 5.71. The minimum atomic E-state index is -3.81. The Morgan fingerprint density at radius 1 is 0.966 bits per heavy atom. The summed E-state index contributed by atoms with van der Waals surface area (Å²) in [6.45, 7) is 0. The van der Waals surface area contributed by atoms with Crippen molar-refractivity contribution in [1.82, 2.24) is 9.71 Å². The van der Waals surface area contributed by atoms with Gasteiger partial charge in [0.2, 0.25) is 10.0 Å². The first-order chi connectivity index (χ1) is 14.0. The number of aromatic nitrogens is 1. The summed E-state index contributed by atoms with van der Waals surface area (Å²) in [4.78, 5) is 15.7. The number of sulfonamides is 1. The van der Waals surface area contributed by atoms with Gasteiger partial charge in [0.25, 0.3) is 0 Å². The monoisotopic (exact) mass is 409 g/mol. The number of rotatable bonds is 4. The maximum absolute atomic E-state index is 12.6. The van der Waals surface area contributed by atoms with Crippen molar-refractivity contribution in [2.45, 2.75) is 44.3 Å². The van der Waals surface area contributed by atoms with Gasteiger partial charge in [0, 0.05) is 17.4 Å². The number of urea groups is 1. The summed E-state index contributed by atoms with van der Waals surface area (Å²) in [5.74, 6) is -0.250. The predicted octanol–water partition coefficient (Wildman–Crippen LogP) is 3.80. The number of nitrogens with one attached hydrogen (secondary N) is 3. The highest BCUT2D eigenvalue weighted by molar-refractivity contribution is 7.89. The number of hydrogen-bond acceptors (Lipinski definition) is 3. The summed E-state index contributed by atoms with van der Waals surface area (Å²) in [6, 6.07) is 8.96. The number of hydrogen-bond donors (Lipinski definition) is 3. The van der Waals surface area contributed by atoms with E-state index >= 15 is 0 Å². The number of benzene rings is 2. The molecule has 2 aliphatic carbocycles. The van der Waals surface area contributed by atoms with Crippen molar-refractivity contribution in [2.24, 2.45) is 0 Å². The highest BCUT2D eigenvalue weighted by Gasteiger charge is 2.26. The van der Waals surface area contributed by atoms with Crippen molar-refractivity contribution in [1.29, 1.82) is 0 Å². The lowest BCUT2D eigenvalue weighted by Crippen LogP contribution is -2.35. The largest absolute Gasteiger partial charge is 0.361 e. The van der Waals surface area contributed by atoms with Gasteiger partial charge in [-0.25, -0.2) is 17.9 Å². The van der Waals surface area contributed by atoms with Crippen molar-refractivity contribution in [2.75, 3.05) is 5.32 Å². The van der Waals surface area contributed by atoms with Gasteiger partial charge in [-0.3, -0.25) is 0 Å². The highest BCUT2D eigenvalue weighted by Crippen LogP contribution is 2.38. The van der Waals surface area contributed by atoms with Crippen molar-refractivity contribution in [3.63, 3.8) is 0 Å². The second kappa shape index (κ2) is 6.91. The third kappa shape index (κ3) is 3.51. The van der Waals surface area contributed by atoms with Gasteiger partial charge >= 0.3 is 6.03 Å². The molecule has 29 heavy (non-hydrogen) atoms. The van der Waals surface area contributed by atoms with Crippen LogP contribution < -0.4 is 10.0 Å². The summed E-state index contributed by atoms with van der Waals surface area (Å²) in [5.41, 5.74) is 7.28. The van der Waals surface area contributed by atoms with Crippen LogP contribution in [0.1, 0.15) is 40.7 Å². The van der Waals surface area contributed by atoms with Crippen LogP contribution in [-0.4, -0.2) is 19.4 Å².